The minimum atomic E-state index is -0.000411. The number of H-pyrrole nitrogens is 1. The normalized spacial score (nSPS) is 10.6. The van der Waals surface area contributed by atoms with E-state index in [9.17, 15) is 4.79 Å². The first-order valence-corrected chi connectivity index (χ1v) is 6.76. The Hall–Kier alpha value is -2.17. The molecule has 0 spiro atoms. The number of hydrogen-bond acceptors (Lipinski definition) is 3. The molecule has 1 amide bonds. The Labute approximate surface area is 119 Å². The molecule has 2 heterocycles. The van der Waals surface area contributed by atoms with E-state index < -0.39 is 0 Å². The molecule has 2 aromatic rings. The fourth-order valence-corrected chi connectivity index (χ4v) is 2.23. The number of amides is 1. The van der Waals surface area contributed by atoms with Crippen LogP contribution in [0.1, 0.15) is 40.1 Å². The number of aromatic nitrogens is 3. The minimum Gasteiger partial charge on any atom is -0.333 e. The molecule has 0 radical (unpaired) electrons. The van der Waals surface area contributed by atoms with Crippen molar-refractivity contribution in [2.45, 2.75) is 34.2 Å². The van der Waals surface area contributed by atoms with Gasteiger partial charge in [-0.25, -0.2) is 0 Å². The molecule has 0 aliphatic rings. The van der Waals surface area contributed by atoms with Crippen molar-refractivity contribution in [1.82, 2.24) is 20.1 Å². The fourth-order valence-electron chi connectivity index (χ4n) is 2.23. The highest BCUT2D eigenvalue weighted by Gasteiger charge is 2.21. The Kier molecular flexibility index (Phi) is 4.17. The second-order valence-electron chi connectivity index (χ2n) is 4.90. The van der Waals surface area contributed by atoms with Crippen molar-refractivity contribution < 1.29 is 4.79 Å². The summed E-state index contributed by atoms with van der Waals surface area (Å²) in [5, 5.41) is 6.94. The zero-order valence-corrected chi connectivity index (χ0v) is 12.4. The second-order valence-corrected chi connectivity index (χ2v) is 4.90. The molecule has 106 valence electrons. The predicted molar refractivity (Wildman–Crippen MR) is 77.5 cm³/mol. The lowest BCUT2D eigenvalue weighted by Crippen LogP contribution is -2.31. The Bertz CT molecular complexity index is 599. The maximum atomic E-state index is 12.6. The van der Waals surface area contributed by atoms with Gasteiger partial charge in [0, 0.05) is 17.9 Å². The van der Waals surface area contributed by atoms with E-state index in [1.807, 2.05) is 45.9 Å². The molecular weight excluding hydrogens is 252 g/mol. The van der Waals surface area contributed by atoms with E-state index in [2.05, 4.69) is 15.2 Å². The van der Waals surface area contributed by atoms with Crippen LogP contribution in [0.3, 0.4) is 0 Å². The van der Waals surface area contributed by atoms with E-state index in [1.165, 1.54) is 0 Å². The van der Waals surface area contributed by atoms with E-state index in [0.717, 1.165) is 22.8 Å². The molecule has 0 saturated carbocycles. The van der Waals surface area contributed by atoms with Gasteiger partial charge in [0.25, 0.3) is 5.91 Å². The standard InChI is InChI=1S/C15H20N4O/c1-5-19(9-13-8-6-7-10(2)16-13)15(20)14-11(3)17-18-12(14)4/h6-8H,5,9H2,1-4H3,(H,17,18). The molecule has 5 heteroatoms. The third kappa shape index (κ3) is 2.87. The number of nitrogens with zero attached hydrogens (tertiary/aromatic N) is 3. The monoisotopic (exact) mass is 272 g/mol. The molecule has 0 bridgehead atoms. The van der Waals surface area contributed by atoms with Crippen LogP contribution in [-0.2, 0) is 6.54 Å². The van der Waals surface area contributed by atoms with Crippen LogP contribution in [0.2, 0.25) is 0 Å². The maximum Gasteiger partial charge on any atom is 0.257 e. The van der Waals surface area contributed by atoms with Crippen LogP contribution >= 0.6 is 0 Å². The number of aryl methyl sites for hydroxylation is 3. The molecule has 1 N–H and O–H groups in total. The van der Waals surface area contributed by atoms with E-state index in [4.69, 9.17) is 0 Å². The van der Waals surface area contributed by atoms with Gasteiger partial charge in [-0.15, -0.1) is 0 Å². The number of aromatic amines is 1. The zero-order valence-electron chi connectivity index (χ0n) is 12.4. The molecule has 2 aromatic heterocycles. The van der Waals surface area contributed by atoms with Crippen LogP contribution in [0.15, 0.2) is 18.2 Å². The lowest BCUT2D eigenvalue weighted by atomic mass is 10.1. The molecule has 0 saturated heterocycles. The molecule has 0 aliphatic heterocycles. The topological polar surface area (TPSA) is 61.9 Å². The smallest absolute Gasteiger partial charge is 0.257 e. The summed E-state index contributed by atoms with van der Waals surface area (Å²) in [5.41, 5.74) is 4.08. The summed E-state index contributed by atoms with van der Waals surface area (Å²) in [6.07, 6.45) is 0. The Morgan fingerprint density at radius 2 is 2.05 bits per heavy atom. The van der Waals surface area contributed by atoms with E-state index >= 15 is 0 Å². The Morgan fingerprint density at radius 3 is 2.60 bits per heavy atom. The van der Waals surface area contributed by atoms with Crippen molar-refractivity contribution in [2.75, 3.05) is 6.54 Å². The van der Waals surface area contributed by atoms with Crippen LogP contribution in [0, 0.1) is 20.8 Å². The van der Waals surface area contributed by atoms with Crippen LogP contribution in [0.4, 0.5) is 0 Å². The summed E-state index contributed by atoms with van der Waals surface area (Å²) in [6.45, 7) is 8.78. The predicted octanol–water partition coefficient (Wildman–Crippen LogP) is 2.39. The Morgan fingerprint density at radius 1 is 1.30 bits per heavy atom. The lowest BCUT2D eigenvalue weighted by Gasteiger charge is -2.20. The molecule has 0 fully saturated rings. The largest absolute Gasteiger partial charge is 0.333 e. The number of pyridine rings is 1. The average molecular weight is 272 g/mol. The van der Waals surface area contributed by atoms with Gasteiger partial charge in [0.15, 0.2) is 0 Å². The van der Waals surface area contributed by atoms with Gasteiger partial charge in [-0.3, -0.25) is 14.9 Å². The summed E-state index contributed by atoms with van der Waals surface area (Å²) in [6, 6.07) is 5.86. The summed E-state index contributed by atoms with van der Waals surface area (Å²) < 4.78 is 0. The Balaban J connectivity index is 2.22. The quantitative estimate of drug-likeness (QED) is 0.929. The van der Waals surface area contributed by atoms with Crippen molar-refractivity contribution >= 4 is 5.91 Å². The molecule has 0 atom stereocenters. The summed E-state index contributed by atoms with van der Waals surface area (Å²) in [5.74, 6) is -0.000411. The summed E-state index contributed by atoms with van der Waals surface area (Å²) in [7, 11) is 0. The highest BCUT2D eigenvalue weighted by atomic mass is 16.2. The highest BCUT2D eigenvalue weighted by molar-refractivity contribution is 5.96. The van der Waals surface area contributed by atoms with Crippen LogP contribution < -0.4 is 0 Å². The van der Waals surface area contributed by atoms with Crippen molar-refractivity contribution in [2.24, 2.45) is 0 Å². The number of hydrogen-bond donors (Lipinski definition) is 1. The molecule has 2 rings (SSSR count). The van der Waals surface area contributed by atoms with Crippen molar-refractivity contribution in [3.63, 3.8) is 0 Å². The molecule has 5 nitrogen and oxygen atoms in total. The molecule has 0 aromatic carbocycles. The van der Waals surface area contributed by atoms with E-state index in [1.54, 1.807) is 4.90 Å². The molecule has 20 heavy (non-hydrogen) atoms. The summed E-state index contributed by atoms with van der Waals surface area (Å²) >= 11 is 0. The zero-order chi connectivity index (χ0) is 14.7. The highest BCUT2D eigenvalue weighted by Crippen LogP contribution is 2.14. The van der Waals surface area contributed by atoms with E-state index in [-0.39, 0.29) is 5.91 Å². The number of rotatable bonds is 4. The average Bonchev–Trinajstić information content (AvgIpc) is 2.75. The minimum absolute atomic E-state index is 0.000411. The van der Waals surface area contributed by atoms with Crippen molar-refractivity contribution in [3.8, 4) is 0 Å². The number of carbonyl (C=O) groups is 1. The first-order valence-electron chi connectivity index (χ1n) is 6.76. The first kappa shape index (κ1) is 14.2. The fraction of sp³-hybridized carbons (Fsp3) is 0.400. The molecule has 0 aliphatic carbocycles. The van der Waals surface area contributed by atoms with Crippen LogP contribution in [-0.4, -0.2) is 32.5 Å². The van der Waals surface area contributed by atoms with Crippen LogP contribution in [0.25, 0.3) is 0 Å². The third-order valence-electron chi connectivity index (χ3n) is 3.31. The van der Waals surface area contributed by atoms with Gasteiger partial charge in [0.1, 0.15) is 0 Å². The number of carbonyl (C=O) groups excluding carboxylic acids is 1. The third-order valence-corrected chi connectivity index (χ3v) is 3.31. The molecular formula is C15H20N4O. The van der Waals surface area contributed by atoms with Gasteiger partial charge in [-0.05, 0) is 39.8 Å². The van der Waals surface area contributed by atoms with Gasteiger partial charge < -0.3 is 4.90 Å². The first-order chi connectivity index (χ1) is 9.52. The van der Waals surface area contributed by atoms with Crippen molar-refractivity contribution in [1.29, 1.82) is 0 Å². The van der Waals surface area contributed by atoms with E-state index in [0.29, 0.717) is 18.7 Å². The molecule has 0 unspecified atom stereocenters. The van der Waals surface area contributed by atoms with Gasteiger partial charge >= 0.3 is 0 Å². The summed E-state index contributed by atoms with van der Waals surface area (Å²) in [4.78, 5) is 18.8. The van der Waals surface area contributed by atoms with Gasteiger partial charge in [-0.2, -0.15) is 5.10 Å². The number of nitrogens with one attached hydrogen (secondary N) is 1. The maximum absolute atomic E-state index is 12.6. The lowest BCUT2D eigenvalue weighted by molar-refractivity contribution is 0.0749. The van der Waals surface area contributed by atoms with Gasteiger partial charge in [-0.1, -0.05) is 6.07 Å². The SMILES string of the molecule is CCN(Cc1cccc(C)n1)C(=O)c1c(C)n[nH]c1C. The van der Waals surface area contributed by atoms with Gasteiger partial charge in [0.05, 0.1) is 23.5 Å². The van der Waals surface area contributed by atoms with Crippen LogP contribution in [0.5, 0.6) is 0 Å². The van der Waals surface area contributed by atoms with Crippen molar-refractivity contribution in [3.05, 3.63) is 46.5 Å². The van der Waals surface area contributed by atoms with Gasteiger partial charge in [0.2, 0.25) is 0 Å². The second kappa shape index (κ2) is 5.86.